The van der Waals surface area contributed by atoms with Crippen molar-refractivity contribution in [2.45, 2.75) is 19.3 Å². The number of hydrogen-bond donors (Lipinski definition) is 1. The van der Waals surface area contributed by atoms with Gasteiger partial charge in [-0.15, -0.1) is 11.3 Å². The number of aromatic carboxylic acids is 1. The topological polar surface area (TPSA) is 59.4 Å². The number of hydrogen-bond acceptors (Lipinski definition) is 4. The van der Waals surface area contributed by atoms with E-state index < -0.39 is 11.4 Å². The number of methoxy groups -OCH3 is 1. The summed E-state index contributed by atoms with van der Waals surface area (Å²) in [6.45, 7) is 4.02. The Morgan fingerprint density at radius 1 is 1.37 bits per heavy atom. The Labute approximate surface area is 115 Å². The van der Waals surface area contributed by atoms with E-state index in [1.165, 1.54) is 11.3 Å². The third-order valence-corrected chi connectivity index (χ3v) is 4.20. The van der Waals surface area contributed by atoms with Crippen molar-refractivity contribution in [2.75, 3.05) is 7.11 Å². The van der Waals surface area contributed by atoms with Gasteiger partial charge in [-0.2, -0.15) is 0 Å². The highest BCUT2D eigenvalue weighted by Crippen LogP contribution is 2.38. The van der Waals surface area contributed by atoms with Crippen LogP contribution in [0.15, 0.2) is 29.6 Å². The first kappa shape index (κ1) is 13.5. The average molecular weight is 277 g/mol. The first-order valence-corrected chi connectivity index (χ1v) is 6.67. The van der Waals surface area contributed by atoms with Gasteiger partial charge in [0.05, 0.1) is 7.11 Å². The zero-order valence-electron chi connectivity index (χ0n) is 11.0. The van der Waals surface area contributed by atoms with Crippen molar-refractivity contribution >= 4 is 17.3 Å². The second kappa shape index (κ2) is 5.01. The molecule has 100 valence electrons. The van der Waals surface area contributed by atoms with Crippen molar-refractivity contribution in [3.8, 4) is 5.75 Å². The van der Waals surface area contributed by atoms with Crippen LogP contribution in [0.5, 0.6) is 5.75 Å². The average Bonchev–Trinajstić information content (AvgIpc) is 2.89. The molecule has 0 amide bonds. The molecule has 0 atom stereocenters. The highest BCUT2D eigenvalue weighted by molar-refractivity contribution is 7.10. The SMILES string of the molecule is COc1ccccc1C(C)(C)c1nc(C(=O)O)cs1. The second-order valence-corrected chi connectivity index (χ2v) is 5.53. The van der Waals surface area contributed by atoms with Crippen LogP contribution in [0.1, 0.15) is 34.9 Å². The fourth-order valence-electron chi connectivity index (χ4n) is 1.94. The summed E-state index contributed by atoms with van der Waals surface area (Å²) in [6.07, 6.45) is 0. The molecule has 0 unspecified atom stereocenters. The van der Waals surface area contributed by atoms with E-state index in [-0.39, 0.29) is 5.69 Å². The monoisotopic (exact) mass is 277 g/mol. The van der Waals surface area contributed by atoms with Crippen molar-refractivity contribution in [1.82, 2.24) is 4.98 Å². The Morgan fingerprint density at radius 2 is 2.05 bits per heavy atom. The first-order chi connectivity index (χ1) is 8.96. The minimum atomic E-state index is -1.00. The number of carboxylic acids is 1. The standard InChI is InChI=1S/C14H15NO3S/c1-14(2,9-6-4-5-7-11(9)18-3)13-15-10(8-19-13)12(16)17/h4-8H,1-3H3,(H,16,17). The summed E-state index contributed by atoms with van der Waals surface area (Å²) in [7, 11) is 1.62. The van der Waals surface area contributed by atoms with Crippen molar-refractivity contribution in [3.05, 3.63) is 45.9 Å². The summed E-state index contributed by atoms with van der Waals surface area (Å²) in [5, 5.41) is 11.3. The zero-order valence-corrected chi connectivity index (χ0v) is 11.8. The Balaban J connectivity index is 2.48. The van der Waals surface area contributed by atoms with Crippen molar-refractivity contribution < 1.29 is 14.6 Å². The number of benzene rings is 1. The van der Waals surface area contributed by atoms with Crippen LogP contribution in [0.2, 0.25) is 0 Å². The van der Waals surface area contributed by atoms with Gasteiger partial charge in [-0.3, -0.25) is 0 Å². The number of thiazole rings is 1. The molecule has 1 N–H and O–H groups in total. The van der Waals surface area contributed by atoms with Gasteiger partial charge in [0, 0.05) is 16.4 Å². The summed E-state index contributed by atoms with van der Waals surface area (Å²) in [4.78, 5) is 15.1. The molecule has 0 spiro atoms. The molecule has 1 heterocycles. The number of nitrogens with zero attached hydrogens (tertiary/aromatic N) is 1. The highest BCUT2D eigenvalue weighted by Gasteiger charge is 2.30. The maximum atomic E-state index is 10.9. The summed E-state index contributed by atoms with van der Waals surface area (Å²) in [6, 6.07) is 7.71. The smallest absolute Gasteiger partial charge is 0.355 e. The van der Waals surface area contributed by atoms with Crippen LogP contribution in [0.25, 0.3) is 0 Å². The number of para-hydroxylation sites is 1. The molecule has 19 heavy (non-hydrogen) atoms. The Kier molecular flexibility index (Phi) is 3.57. The maximum absolute atomic E-state index is 10.9. The van der Waals surface area contributed by atoms with Crippen molar-refractivity contribution in [3.63, 3.8) is 0 Å². The lowest BCUT2D eigenvalue weighted by Gasteiger charge is -2.24. The van der Waals surface area contributed by atoms with E-state index in [1.54, 1.807) is 12.5 Å². The van der Waals surface area contributed by atoms with Gasteiger partial charge in [-0.05, 0) is 19.9 Å². The van der Waals surface area contributed by atoms with Gasteiger partial charge < -0.3 is 9.84 Å². The first-order valence-electron chi connectivity index (χ1n) is 5.79. The third-order valence-electron chi connectivity index (χ3n) is 3.04. The molecule has 0 saturated carbocycles. The lowest BCUT2D eigenvalue weighted by atomic mass is 9.84. The predicted molar refractivity (Wildman–Crippen MR) is 74.2 cm³/mol. The van der Waals surface area contributed by atoms with Gasteiger partial charge in [-0.1, -0.05) is 18.2 Å². The fraction of sp³-hybridized carbons (Fsp3) is 0.286. The number of rotatable bonds is 4. The third kappa shape index (κ3) is 2.46. The minimum absolute atomic E-state index is 0.0861. The normalized spacial score (nSPS) is 11.3. The van der Waals surface area contributed by atoms with Crippen LogP contribution in [-0.2, 0) is 5.41 Å². The van der Waals surface area contributed by atoms with E-state index >= 15 is 0 Å². The Hall–Kier alpha value is -1.88. The summed E-state index contributed by atoms with van der Waals surface area (Å²) >= 11 is 1.35. The molecular weight excluding hydrogens is 262 g/mol. The van der Waals surface area contributed by atoms with Crippen LogP contribution in [0, 0.1) is 0 Å². The highest BCUT2D eigenvalue weighted by atomic mass is 32.1. The molecule has 0 radical (unpaired) electrons. The summed E-state index contributed by atoms with van der Waals surface area (Å²) < 4.78 is 5.37. The molecule has 5 heteroatoms. The molecule has 0 fully saturated rings. The van der Waals surface area contributed by atoms with E-state index in [0.717, 1.165) is 16.3 Å². The number of ether oxygens (including phenoxy) is 1. The quantitative estimate of drug-likeness (QED) is 0.932. The van der Waals surface area contributed by atoms with E-state index in [0.29, 0.717) is 0 Å². The van der Waals surface area contributed by atoms with Gasteiger partial charge in [0.2, 0.25) is 0 Å². The predicted octanol–water partition coefficient (Wildman–Crippen LogP) is 3.18. The number of aromatic nitrogens is 1. The van der Waals surface area contributed by atoms with Gasteiger partial charge in [0.25, 0.3) is 0 Å². The largest absolute Gasteiger partial charge is 0.496 e. The lowest BCUT2D eigenvalue weighted by molar-refractivity contribution is 0.0691. The molecule has 2 rings (SSSR count). The van der Waals surface area contributed by atoms with E-state index in [4.69, 9.17) is 9.84 Å². The Morgan fingerprint density at radius 3 is 2.63 bits per heavy atom. The van der Waals surface area contributed by atoms with Gasteiger partial charge in [0.15, 0.2) is 5.69 Å². The molecule has 0 aliphatic carbocycles. The van der Waals surface area contributed by atoms with E-state index in [2.05, 4.69) is 4.98 Å². The van der Waals surface area contributed by atoms with Crippen molar-refractivity contribution in [1.29, 1.82) is 0 Å². The molecule has 1 aromatic heterocycles. The second-order valence-electron chi connectivity index (χ2n) is 4.67. The van der Waals surface area contributed by atoms with Crippen LogP contribution in [0.3, 0.4) is 0 Å². The van der Waals surface area contributed by atoms with Gasteiger partial charge in [-0.25, -0.2) is 9.78 Å². The van der Waals surface area contributed by atoms with Crippen LogP contribution < -0.4 is 4.74 Å². The molecule has 0 saturated heterocycles. The van der Waals surface area contributed by atoms with Crippen LogP contribution in [0.4, 0.5) is 0 Å². The number of carbonyl (C=O) groups is 1. The van der Waals surface area contributed by atoms with E-state index in [1.807, 2.05) is 38.1 Å². The zero-order chi connectivity index (χ0) is 14.0. The van der Waals surface area contributed by atoms with Crippen LogP contribution >= 0.6 is 11.3 Å². The molecule has 0 bridgehead atoms. The molecule has 2 aromatic rings. The van der Waals surface area contributed by atoms with Crippen molar-refractivity contribution in [2.24, 2.45) is 0 Å². The maximum Gasteiger partial charge on any atom is 0.355 e. The van der Waals surface area contributed by atoms with E-state index in [9.17, 15) is 4.79 Å². The fourth-order valence-corrected chi connectivity index (χ4v) is 2.87. The van der Waals surface area contributed by atoms with Crippen LogP contribution in [-0.4, -0.2) is 23.2 Å². The molecular formula is C14H15NO3S. The van der Waals surface area contributed by atoms with Gasteiger partial charge in [0.1, 0.15) is 10.8 Å². The number of carboxylic acid groups (broad SMARTS) is 1. The molecule has 0 aliphatic rings. The molecule has 4 nitrogen and oxygen atoms in total. The summed E-state index contributed by atoms with van der Waals surface area (Å²) in [5.74, 6) is -0.224. The molecule has 1 aromatic carbocycles. The lowest BCUT2D eigenvalue weighted by Crippen LogP contribution is -2.20. The Bertz CT molecular complexity index is 604. The minimum Gasteiger partial charge on any atom is -0.496 e. The van der Waals surface area contributed by atoms with Gasteiger partial charge >= 0.3 is 5.97 Å². The molecule has 0 aliphatic heterocycles. The summed E-state index contributed by atoms with van der Waals surface area (Å²) in [5.41, 5.74) is 0.678.